The van der Waals surface area contributed by atoms with Gasteiger partial charge < -0.3 is 14.9 Å². The molecule has 0 aromatic rings. The molecule has 142 valence electrons. The molecule has 2 aliphatic rings. The van der Waals surface area contributed by atoms with Gasteiger partial charge in [0.05, 0.1) is 25.3 Å². The highest BCUT2D eigenvalue weighted by Gasteiger charge is 2.56. The van der Waals surface area contributed by atoms with Crippen LogP contribution in [-0.4, -0.2) is 71.1 Å². The number of carbonyl (C=O) groups is 1. The van der Waals surface area contributed by atoms with Crippen LogP contribution in [0.2, 0.25) is 0 Å². The molecule has 0 fully saturated rings. The fourth-order valence-corrected chi connectivity index (χ4v) is 3.76. The van der Waals surface area contributed by atoms with Crippen molar-refractivity contribution in [3.8, 4) is 0 Å². The Morgan fingerprint density at radius 1 is 1.44 bits per heavy atom. The summed E-state index contributed by atoms with van der Waals surface area (Å²) in [7, 11) is 3.17. The molecule has 0 aromatic carbocycles. The molecule has 1 amide bonds. The third-order valence-corrected chi connectivity index (χ3v) is 5.05. The van der Waals surface area contributed by atoms with Crippen molar-refractivity contribution in [1.82, 2.24) is 9.96 Å². The summed E-state index contributed by atoms with van der Waals surface area (Å²) in [6.07, 6.45) is 3.24. The Labute approximate surface area is 149 Å². The first-order chi connectivity index (χ1) is 11.8. The number of nitrogens with zero attached hydrogens (tertiary/aromatic N) is 2. The lowest BCUT2D eigenvalue weighted by atomic mass is 9.79. The van der Waals surface area contributed by atoms with Crippen LogP contribution in [0.15, 0.2) is 23.6 Å². The number of aliphatic hydroxyl groups excluding tert-OH is 1. The van der Waals surface area contributed by atoms with Crippen molar-refractivity contribution in [3.05, 3.63) is 23.6 Å². The molecule has 2 heterocycles. The Hall–Kier alpha value is -1.41. The summed E-state index contributed by atoms with van der Waals surface area (Å²) in [5.41, 5.74) is -0.601. The molecular formula is C18H30N2O5. The van der Waals surface area contributed by atoms with Crippen molar-refractivity contribution < 1.29 is 24.6 Å². The normalized spacial score (nSPS) is 29.5. The van der Waals surface area contributed by atoms with Crippen molar-refractivity contribution in [2.75, 3.05) is 27.3 Å². The van der Waals surface area contributed by atoms with Crippen LogP contribution in [0.1, 0.15) is 39.5 Å². The van der Waals surface area contributed by atoms with E-state index in [1.165, 1.54) is 7.11 Å². The Balaban J connectivity index is 2.43. The Morgan fingerprint density at radius 3 is 2.68 bits per heavy atom. The van der Waals surface area contributed by atoms with Gasteiger partial charge in [0.2, 0.25) is 0 Å². The number of hydroxylamine groups is 2. The fourth-order valence-electron chi connectivity index (χ4n) is 3.76. The van der Waals surface area contributed by atoms with Gasteiger partial charge >= 0.3 is 0 Å². The van der Waals surface area contributed by atoms with E-state index in [-0.39, 0.29) is 12.5 Å². The van der Waals surface area contributed by atoms with Crippen LogP contribution in [0, 0.1) is 0 Å². The molecule has 2 N–H and O–H groups in total. The lowest BCUT2D eigenvalue weighted by Crippen LogP contribution is -2.61. The number of likely N-dealkylation sites (N-methyl/N-ethyl adjacent to an activating group) is 1. The maximum atomic E-state index is 12.8. The molecule has 0 saturated carbocycles. The van der Waals surface area contributed by atoms with E-state index in [9.17, 15) is 15.0 Å². The quantitative estimate of drug-likeness (QED) is 0.637. The minimum absolute atomic E-state index is 0.0732. The van der Waals surface area contributed by atoms with E-state index in [0.717, 1.165) is 24.3 Å². The van der Waals surface area contributed by atoms with Crippen molar-refractivity contribution in [2.24, 2.45) is 0 Å². The third-order valence-electron chi connectivity index (χ3n) is 5.05. The predicted octanol–water partition coefficient (Wildman–Crippen LogP) is 1.18. The van der Waals surface area contributed by atoms with E-state index in [1.807, 2.05) is 0 Å². The van der Waals surface area contributed by atoms with Crippen LogP contribution in [0.4, 0.5) is 0 Å². The molecule has 0 aromatic heterocycles. The maximum absolute atomic E-state index is 12.8. The lowest BCUT2D eigenvalue weighted by molar-refractivity contribution is -0.159. The number of amides is 1. The van der Waals surface area contributed by atoms with Gasteiger partial charge in [0, 0.05) is 6.54 Å². The molecule has 0 spiro atoms. The maximum Gasteiger partial charge on any atom is 0.283 e. The van der Waals surface area contributed by atoms with Gasteiger partial charge in [-0.05, 0) is 26.8 Å². The van der Waals surface area contributed by atoms with Crippen molar-refractivity contribution >= 4 is 5.91 Å². The van der Waals surface area contributed by atoms with Crippen LogP contribution in [0.3, 0.4) is 0 Å². The van der Waals surface area contributed by atoms with E-state index < -0.39 is 17.7 Å². The zero-order valence-corrected chi connectivity index (χ0v) is 15.6. The molecule has 7 nitrogen and oxygen atoms in total. The van der Waals surface area contributed by atoms with E-state index in [0.29, 0.717) is 30.0 Å². The smallest absolute Gasteiger partial charge is 0.283 e. The summed E-state index contributed by atoms with van der Waals surface area (Å²) in [6.45, 7) is 7.97. The van der Waals surface area contributed by atoms with Gasteiger partial charge in [-0.15, -0.1) is 0 Å². The predicted molar refractivity (Wildman–Crippen MR) is 93.2 cm³/mol. The van der Waals surface area contributed by atoms with Gasteiger partial charge in [0.1, 0.15) is 17.4 Å². The minimum Gasteiger partial charge on any atom is -0.485 e. The molecule has 0 aliphatic carbocycles. The van der Waals surface area contributed by atoms with E-state index in [4.69, 9.17) is 9.57 Å². The van der Waals surface area contributed by atoms with E-state index >= 15 is 0 Å². The Bertz CT molecular complexity index is 558. The zero-order chi connectivity index (χ0) is 18.8. The number of carbonyl (C=O) groups excluding carboxylic acids is 1. The lowest BCUT2D eigenvalue weighted by Gasteiger charge is -2.46. The van der Waals surface area contributed by atoms with Crippen LogP contribution >= 0.6 is 0 Å². The molecule has 2 rings (SSSR count). The summed E-state index contributed by atoms with van der Waals surface area (Å²) in [6, 6.07) is -0.612. The van der Waals surface area contributed by atoms with Gasteiger partial charge in [-0.3, -0.25) is 14.5 Å². The molecule has 2 aliphatic heterocycles. The number of hydrogen-bond donors (Lipinski definition) is 2. The molecular weight excluding hydrogens is 324 g/mol. The van der Waals surface area contributed by atoms with E-state index in [2.05, 4.69) is 13.5 Å². The number of ether oxygens (including phenoxy) is 1. The van der Waals surface area contributed by atoms with Gasteiger partial charge in [0.15, 0.2) is 5.76 Å². The topological polar surface area (TPSA) is 82.5 Å². The van der Waals surface area contributed by atoms with Gasteiger partial charge in [-0.1, -0.05) is 26.3 Å². The van der Waals surface area contributed by atoms with Crippen LogP contribution in [-0.2, 0) is 14.4 Å². The molecule has 0 saturated heterocycles. The Morgan fingerprint density at radius 2 is 2.12 bits per heavy atom. The highest BCUT2D eigenvalue weighted by atomic mass is 16.7. The summed E-state index contributed by atoms with van der Waals surface area (Å²) >= 11 is 0. The van der Waals surface area contributed by atoms with E-state index in [1.54, 1.807) is 18.9 Å². The van der Waals surface area contributed by atoms with Crippen molar-refractivity contribution in [2.45, 2.75) is 57.3 Å². The number of unbranched alkanes of at least 4 members (excludes halogenated alkanes) is 2. The van der Waals surface area contributed by atoms with Crippen molar-refractivity contribution in [3.63, 3.8) is 0 Å². The SMILES string of the molecule is C=C1C2=C(C(=O)N1OC)[C@@H](N(C)CCO)[C@@](C)(O)[C@H](CCCCC)O2. The summed E-state index contributed by atoms with van der Waals surface area (Å²) in [5, 5.41) is 21.7. The zero-order valence-electron chi connectivity index (χ0n) is 15.6. The third kappa shape index (κ3) is 3.46. The first-order valence-corrected chi connectivity index (χ1v) is 8.83. The second-order valence-electron chi connectivity index (χ2n) is 6.91. The molecule has 0 unspecified atom stereocenters. The number of aliphatic hydroxyl groups is 2. The molecule has 3 atom stereocenters. The van der Waals surface area contributed by atoms with Gasteiger partial charge in [-0.25, -0.2) is 0 Å². The summed E-state index contributed by atoms with van der Waals surface area (Å²) in [4.78, 5) is 19.7. The highest BCUT2D eigenvalue weighted by Crippen LogP contribution is 2.44. The first kappa shape index (κ1) is 19.9. The molecule has 25 heavy (non-hydrogen) atoms. The average Bonchev–Trinajstić information content (AvgIpc) is 2.78. The molecule has 0 radical (unpaired) electrons. The molecule has 0 bridgehead atoms. The standard InChI is InChI=1S/C18H30N2O5/c1-6-7-8-9-13-18(3,23)16(19(4)10-11-21)14-15(25-13)12(2)20(24-5)17(14)22/h13,16,21,23H,2,6-11H2,1,3-5H3/t13-,16+,18-/m0/s1. The van der Waals surface area contributed by atoms with Crippen molar-refractivity contribution in [1.29, 1.82) is 0 Å². The Kier molecular flexibility index (Phi) is 6.26. The number of hydrogen-bond acceptors (Lipinski definition) is 6. The minimum atomic E-state index is -1.28. The first-order valence-electron chi connectivity index (χ1n) is 8.83. The van der Waals surface area contributed by atoms with Crippen LogP contribution in [0.25, 0.3) is 0 Å². The average molecular weight is 354 g/mol. The largest absolute Gasteiger partial charge is 0.485 e. The van der Waals surface area contributed by atoms with Crippen LogP contribution in [0.5, 0.6) is 0 Å². The molecule has 7 heteroatoms. The second-order valence-corrected chi connectivity index (χ2v) is 6.91. The second kappa shape index (κ2) is 7.86. The van der Waals surface area contributed by atoms with Gasteiger partial charge in [0.25, 0.3) is 5.91 Å². The monoisotopic (exact) mass is 354 g/mol. The number of rotatable bonds is 8. The fraction of sp³-hybridized carbons (Fsp3) is 0.722. The van der Waals surface area contributed by atoms with Crippen LogP contribution < -0.4 is 0 Å². The van der Waals surface area contributed by atoms with Gasteiger partial charge in [-0.2, -0.15) is 5.06 Å². The summed E-state index contributed by atoms with van der Waals surface area (Å²) in [5.74, 6) is -0.000707. The summed E-state index contributed by atoms with van der Waals surface area (Å²) < 4.78 is 6.04. The highest BCUT2D eigenvalue weighted by molar-refractivity contribution is 6.00.